The van der Waals surface area contributed by atoms with Crippen molar-refractivity contribution in [3.63, 3.8) is 0 Å². The Morgan fingerprint density at radius 3 is 2.00 bits per heavy atom. The normalized spacial score (nSPS) is 14.1. The molecule has 4 atom stereocenters. The van der Waals surface area contributed by atoms with Crippen molar-refractivity contribution in [2.45, 2.75) is 56.8 Å². The third kappa shape index (κ3) is 10.1. The molecular formula is C21H29N5O8. The Kier molecular flexibility index (Phi) is 11.2. The highest BCUT2D eigenvalue weighted by Gasteiger charge is 2.29. The number of amides is 4. The standard InChI is InChI=1S/C21H29N5O8/c1-11(18(30)25-14(21(33)34)7-8-17(28)29)24-20(32)15(9-12-5-3-2-4-6-12)26-19(31)13(22)10-16(23)27/h2-6,11,13-15H,7-10,22H2,1H3,(H2,23,27)(H,24,32)(H,25,30)(H,26,31)(H,28,29)(H,33,34). The number of carbonyl (C=O) groups is 6. The van der Waals surface area contributed by atoms with Gasteiger partial charge in [0.15, 0.2) is 0 Å². The van der Waals surface area contributed by atoms with Crippen LogP contribution < -0.4 is 27.4 Å². The summed E-state index contributed by atoms with van der Waals surface area (Å²) in [5.41, 5.74) is 11.4. The lowest BCUT2D eigenvalue weighted by molar-refractivity contribution is -0.143. The molecule has 4 amide bonds. The zero-order valence-electron chi connectivity index (χ0n) is 18.5. The molecule has 0 aliphatic heterocycles. The smallest absolute Gasteiger partial charge is 0.326 e. The van der Waals surface area contributed by atoms with Crippen LogP contribution in [0.15, 0.2) is 30.3 Å². The molecule has 1 aromatic carbocycles. The summed E-state index contributed by atoms with van der Waals surface area (Å²) >= 11 is 0. The average molecular weight is 479 g/mol. The molecule has 186 valence electrons. The molecule has 0 saturated carbocycles. The molecular weight excluding hydrogens is 450 g/mol. The van der Waals surface area contributed by atoms with E-state index in [1.807, 2.05) is 0 Å². The van der Waals surface area contributed by atoms with Crippen molar-refractivity contribution in [3.8, 4) is 0 Å². The van der Waals surface area contributed by atoms with Crippen molar-refractivity contribution in [1.82, 2.24) is 16.0 Å². The van der Waals surface area contributed by atoms with Gasteiger partial charge in [0.2, 0.25) is 23.6 Å². The minimum Gasteiger partial charge on any atom is -0.481 e. The summed E-state index contributed by atoms with van der Waals surface area (Å²) in [7, 11) is 0. The maximum absolute atomic E-state index is 12.8. The Hall–Kier alpha value is -4.00. The Balaban J connectivity index is 2.89. The van der Waals surface area contributed by atoms with E-state index in [0.29, 0.717) is 5.56 Å². The molecule has 1 rings (SSSR count). The lowest BCUT2D eigenvalue weighted by atomic mass is 10.0. The van der Waals surface area contributed by atoms with Crippen LogP contribution in [0, 0.1) is 0 Å². The van der Waals surface area contributed by atoms with Crippen LogP contribution in [-0.4, -0.2) is 69.9 Å². The first-order valence-corrected chi connectivity index (χ1v) is 10.3. The van der Waals surface area contributed by atoms with E-state index in [4.69, 9.17) is 16.6 Å². The minimum atomic E-state index is -1.46. The SMILES string of the molecule is CC(NC(=O)C(Cc1ccccc1)NC(=O)C(N)CC(N)=O)C(=O)NC(CCC(=O)O)C(=O)O. The summed E-state index contributed by atoms with van der Waals surface area (Å²) in [6.07, 6.45) is -1.22. The summed E-state index contributed by atoms with van der Waals surface area (Å²) < 4.78 is 0. The van der Waals surface area contributed by atoms with Crippen LogP contribution in [0.5, 0.6) is 0 Å². The van der Waals surface area contributed by atoms with E-state index >= 15 is 0 Å². The lowest BCUT2D eigenvalue weighted by Crippen LogP contribution is -2.57. The van der Waals surface area contributed by atoms with Gasteiger partial charge in [-0.2, -0.15) is 0 Å². The zero-order chi connectivity index (χ0) is 25.8. The van der Waals surface area contributed by atoms with E-state index in [1.54, 1.807) is 30.3 Å². The van der Waals surface area contributed by atoms with Gasteiger partial charge in [-0.3, -0.25) is 24.0 Å². The minimum absolute atomic E-state index is 0.0341. The van der Waals surface area contributed by atoms with Crippen molar-refractivity contribution in [3.05, 3.63) is 35.9 Å². The Morgan fingerprint density at radius 2 is 1.47 bits per heavy atom. The molecule has 9 N–H and O–H groups in total. The van der Waals surface area contributed by atoms with E-state index in [1.165, 1.54) is 6.92 Å². The maximum atomic E-state index is 12.8. The quantitative estimate of drug-likeness (QED) is 0.154. The number of aliphatic carboxylic acids is 2. The third-order valence-electron chi connectivity index (χ3n) is 4.69. The van der Waals surface area contributed by atoms with Gasteiger partial charge >= 0.3 is 11.9 Å². The first kappa shape index (κ1) is 28.0. The van der Waals surface area contributed by atoms with Gasteiger partial charge in [0.25, 0.3) is 0 Å². The van der Waals surface area contributed by atoms with Crippen molar-refractivity contribution in [2.24, 2.45) is 11.5 Å². The first-order chi connectivity index (χ1) is 15.9. The predicted octanol–water partition coefficient (Wildman–Crippen LogP) is -2.14. The van der Waals surface area contributed by atoms with Gasteiger partial charge in [0.05, 0.1) is 12.5 Å². The molecule has 0 saturated heterocycles. The van der Waals surface area contributed by atoms with Crippen molar-refractivity contribution < 1.29 is 39.0 Å². The van der Waals surface area contributed by atoms with E-state index in [0.717, 1.165) is 0 Å². The number of carboxylic acid groups (broad SMARTS) is 2. The van der Waals surface area contributed by atoms with Gasteiger partial charge < -0.3 is 37.6 Å². The summed E-state index contributed by atoms with van der Waals surface area (Å²) in [5.74, 6) is -5.87. The molecule has 0 spiro atoms. The molecule has 0 bridgehead atoms. The van der Waals surface area contributed by atoms with Crippen LogP contribution in [0.1, 0.15) is 31.7 Å². The maximum Gasteiger partial charge on any atom is 0.326 e. The van der Waals surface area contributed by atoms with Crippen molar-refractivity contribution >= 4 is 35.6 Å². The fourth-order valence-corrected chi connectivity index (χ4v) is 2.85. The Bertz CT molecular complexity index is 908. The topological polar surface area (TPSA) is 231 Å². The number of hydrogen-bond acceptors (Lipinski definition) is 7. The highest BCUT2D eigenvalue weighted by atomic mass is 16.4. The van der Waals surface area contributed by atoms with Gasteiger partial charge in [-0.15, -0.1) is 0 Å². The summed E-state index contributed by atoms with van der Waals surface area (Å²) in [5, 5.41) is 24.9. The van der Waals surface area contributed by atoms with Crippen LogP contribution in [0.25, 0.3) is 0 Å². The largest absolute Gasteiger partial charge is 0.481 e. The summed E-state index contributed by atoms with van der Waals surface area (Å²) in [6, 6.07) is 3.51. The van der Waals surface area contributed by atoms with Gasteiger partial charge in [-0.25, -0.2) is 4.79 Å². The zero-order valence-corrected chi connectivity index (χ0v) is 18.5. The second-order valence-corrected chi connectivity index (χ2v) is 7.59. The van der Waals surface area contributed by atoms with Crippen LogP contribution in [0.3, 0.4) is 0 Å². The van der Waals surface area contributed by atoms with Crippen LogP contribution in [-0.2, 0) is 35.2 Å². The molecule has 0 aliphatic rings. The molecule has 1 aromatic rings. The summed E-state index contributed by atoms with van der Waals surface area (Å²) in [6.45, 7) is 1.30. The molecule has 0 fully saturated rings. The second-order valence-electron chi connectivity index (χ2n) is 7.59. The number of nitrogens with two attached hydrogens (primary N) is 2. The highest BCUT2D eigenvalue weighted by molar-refractivity contribution is 5.95. The molecule has 13 heteroatoms. The van der Waals surface area contributed by atoms with E-state index in [-0.39, 0.29) is 12.8 Å². The van der Waals surface area contributed by atoms with Crippen molar-refractivity contribution in [2.75, 3.05) is 0 Å². The van der Waals surface area contributed by atoms with Crippen LogP contribution in [0.4, 0.5) is 0 Å². The van der Waals surface area contributed by atoms with E-state index in [9.17, 15) is 33.9 Å². The predicted molar refractivity (Wildman–Crippen MR) is 118 cm³/mol. The average Bonchev–Trinajstić information content (AvgIpc) is 2.75. The van der Waals surface area contributed by atoms with Gasteiger partial charge in [0, 0.05) is 12.8 Å². The molecule has 0 aliphatic carbocycles. The first-order valence-electron chi connectivity index (χ1n) is 10.3. The Labute approximate surface area is 195 Å². The second kappa shape index (κ2) is 13.5. The molecule has 34 heavy (non-hydrogen) atoms. The Morgan fingerprint density at radius 1 is 0.882 bits per heavy atom. The monoisotopic (exact) mass is 479 g/mol. The molecule has 0 heterocycles. The number of nitrogens with one attached hydrogen (secondary N) is 3. The van der Waals surface area contributed by atoms with Crippen LogP contribution in [0.2, 0.25) is 0 Å². The molecule has 0 radical (unpaired) electrons. The highest BCUT2D eigenvalue weighted by Crippen LogP contribution is 2.05. The number of benzene rings is 1. The number of primary amides is 1. The molecule has 0 aromatic heterocycles. The molecule has 13 nitrogen and oxygen atoms in total. The summed E-state index contributed by atoms with van der Waals surface area (Å²) in [4.78, 5) is 70.5. The number of rotatable bonds is 14. The van der Waals surface area contributed by atoms with Gasteiger partial charge in [0.1, 0.15) is 18.1 Å². The fraction of sp³-hybridized carbons (Fsp3) is 0.429. The number of hydrogen-bond donors (Lipinski definition) is 7. The van der Waals surface area contributed by atoms with Crippen molar-refractivity contribution in [1.29, 1.82) is 0 Å². The third-order valence-corrected chi connectivity index (χ3v) is 4.69. The van der Waals surface area contributed by atoms with E-state index < -0.39 is 72.6 Å². The van der Waals surface area contributed by atoms with Crippen LogP contribution >= 0.6 is 0 Å². The van der Waals surface area contributed by atoms with Gasteiger partial charge in [-0.1, -0.05) is 30.3 Å². The van der Waals surface area contributed by atoms with Gasteiger partial charge in [-0.05, 0) is 18.9 Å². The fourth-order valence-electron chi connectivity index (χ4n) is 2.85. The number of carbonyl (C=O) groups excluding carboxylic acids is 4. The number of carboxylic acids is 2. The van der Waals surface area contributed by atoms with E-state index in [2.05, 4.69) is 16.0 Å². The lowest BCUT2D eigenvalue weighted by Gasteiger charge is -2.23. The molecule has 4 unspecified atom stereocenters.